The Morgan fingerprint density at radius 2 is 2.03 bits per heavy atom. The molecule has 1 aliphatic carbocycles. The fourth-order valence-corrected chi connectivity index (χ4v) is 4.72. The van der Waals surface area contributed by atoms with Crippen LogP contribution < -0.4 is 15.5 Å². The number of anilines is 3. The van der Waals surface area contributed by atoms with E-state index in [-0.39, 0.29) is 11.9 Å². The number of hydrogen-bond donors (Lipinski definition) is 2. The molecule has 0 atom stereocenters. The van der Waals surface area contributed by atoms with Crippen molar-refractivity contribution >= 4 is 34.4 Å². The molecule has 0 radical (unpaired) electrons. The van der Waals surface area contributed by atoms with Crippen LogP contribution in [0.3, 0.4) is 0 Å². The van der Waals surface area contributed by atoms with Crippen molar-refractivity contribution in [2.45, 2.75) is 38.6 Å². The van der Waals surface area contributed by atoms with Gasteiger partial charge in [-0.3, -0.25) is 4.79 Å². The number of carbonyl (C=O) groups excluding carboxylic acids is 1. The minimum atomic E-state index is -1.77. The third kappa shape index (κ3) is 4.37. The van der Waals surface area contributed by atoms with E-state index in [2.05, 4.69) is 25.5 Å². The highest BCUT2D eigenvalue weighted by Gasteiger charge is 2.27. The van der Waals surface area contributed by atoms with Crippen molar-refractivity contribution < 1.29 is 7.54 Å². The average molecular weight is 451 g/mol. The molecule has 3 aromatic rings. The van der Waals surface area contributed by atoms with Crippen molar-refractivity contribution in [2.24, 2.45) is 0 Å². The molecule has 4 heterocycles. The van der Waals surface area contributed by atoms with Gasteiger partial charge in [-0.25, -0.2) is 9.97 Å². The molecule has 9 nitrogen and oxygen atoms in total. The van der Waals surface area contributed by atoms with E-state index in [0.717, 1.165) is 67.8 Å². The van der Waals surface area contributed by atoms with Crippen LogP contribution in [0, 0.1) is 0 Å². The van der Waals surface area contributed by atoms with Crippen molar-refractivity contribution in [1.82, 2.24) is 29.7 Å². The summed E-state index contributed by atoms with van der Waals surface area (Å²) in [5, 5.41) is 7.31. The highest BCUT2D eigenvalue weighted by atomic mass is 16.2. The molecule has 0 unspecified atom stereocenters. The fraction of sp³-hybridized carbons (Fsp3) is 0.500. The smallest absolute Gasteiger partial charge is 0.270 e. The summed E-state index contributed by atoms with van der Waals surface area (Å²) in [5.74, 6) is 0.704. The molecule has 2 fully saturated rings. The Hall–Kier alpha value is -3.20. The number of hydrogen-bond acceptors (Lipinski definition) is 7. The number of amides is 1. The quantitative estimate of drug-likeness (QED) is 0.596. The fourth-order valence-electron chi connectivity index (χ4n) is 4.72. The molecule has 1 saturated heterocycles. The van der Waals surface area contributed by atoms with Gasteiger partial charge in [0, 0.05) is 60.1 Å². The van der Waals surface area contributed by atoms with Gasteiger partial charge in [0.2, 0.25) is 5.95 Å². The van der Waals surface area contributed by atoms with E-state index in [1.165, 1.54) is 14.0 Å². The van der Waals surface area contributed by atoms with E-state index in [4.69, 9.17) is 7.73 Å². The second-order valence-corrected chi connectivity index (χ2v) is 8.66. The Kier molecular flexibility index (Phi) is 5.46. The van der Waals surface area contributed by atoms with Crippen LogP contribution in [-0.2, 0) is 0 Å². The van der Waals surface area contributed by atoms with E-state index in [9.17, 15) is 4.79 Å². The van der Waals surface area contributed by atoms with E-state index < -0.39 is 6.50 Å². The standard InChI is InChI=1S/C24H32N8O/c1-3-30(2)23(33)20-14-17-15-27-24(29-22(17)32(20)18-6-4-5-7-18)28-21-9-8-19(16-26-21)31-12-10-25-11-13-31/h8-9,14-16,18,25H,3-7,10-13H2,1-2H3,(H,26,27,28,29)/i3D2. The topological polar surface area (TPSA) is 91.2 Å². The Bertz CT molecular complexity index is 1190. The Morgan fingerprint density at radius 3 is 2.73 bits per heavy atom. The zero-order valence-electron chi connectivity index (χ0n) is 21.2. The highest BCUT2D eigenvalue weighted by molar-refractivity contribution is 5.98. The van der Waals surface area contributed by atoms with Crippen LogP contribution >= 0.6 is 0 Å². The molecule has 3 aromatic heterocycles. The van der Waals surface area contributed by atoms with Gasteiger partial charge in [-0.2, -0.15) is 4.98 Å². The lowest BCUT2D eigenvalue weighted by Crippen LogP contribution is -2.43. The number of nitrogens with zero attached hydrogens (tertiary/aromatic N) is 6. The molecule has 2 aliphatic rings. The molecule has 1 aliphatic heterocycles. The third-order valence-corrected chi connectivity index (χ3v) is 6.59. The Balaban J connectivity index is 1.45. The second kappa shape index (κ2) is 9.35. The molecule has 2 N–H and O–H groups in total. The van der Waals surface area contributed by atoms with Crippen LogP contribution in [-0.4, -0.2) is 70.0 Å². The van der Waals surface area contributed by atoms with Crippen LogP contribution in [0.4, 0.5) is 17.5 Å². The molecule has 1 saturated carbocycles. The van der Waals surface area contributed by atoms with Gasteiger partial charge in [-0.05, 0) is 38.0 Å². The van der Waals surface area contributed by atoms with Crippen LogP contribution in [0.1, 0.15) is 51.9 Å². The number of fused-ring (bicyclic) bond motifs is 1. The molecule has 5 rings (SSSR count). The largest absolute Gasteiger partial charge is 0.368 e. The van der Waals surface area contributed by atoms with Crippen molar-refractivity contribution in [3.63, 3.8) is 0 Å². The zero-order chi connectivity index (χ0) is 24.6. The molecule has 0 spiro atoms. The zero-order valence-corrected chi connectivity index (χ0v) is 19.2. The highest BCUT2D eigenvalue weighted by Crippen LogP contribution is 2.35. The summed E-state index contributed by atoms with van der Waals surface area (Å²) < 4.78 is 18.0. The summed E-state index contributed by atoms with van der Waals surface area (Å²) in [5.41, 5.74) is 2.22. The molecule has 174 valence electrons. The molecular weight excluding hydrogens is 416 g/mol. The normalized spacial score (nSPS) is 18.3. The maximum absolute atomic E-state index is 13.3. The molecule has 33 heavy (non-hydrogen) atoms. The summed E-state index contributed by atoms with van der Waals surface area (Å²) in [6.07, 6.45) is 7.70. The minimum Gasteiger partial charge on any atom is -0.368 e. The SMILES string of the molecule is [2H]C([2H])(C)N(C)C(=O)c1cc2cnc(Nc3ccc(N4CCNCC4)cn3)nc2n1C1CCCC1. The van der Waals surface area contributed by atoms with Gasteiger partial charge in [0.25, 0.3) is 5.91 Å². The lowest BCUT2D eigenvalue weighted by molar-refractivity contribution is 0.0790. The predicted octanol–water partition coefficient (Wildman–Crippen LogP) is 3.19. The van der Waals surface area contributed by atoms with Gasteiger partial charge in [0.05, 0.1) is 11.9 Å². The maximum atomic E-state index is 13.3. The van der Waals surface area contributed by atoms with Gasteiger partial charge in [0.15, 0.2) is 0 Å². The van der Waals surface area contributed by atoms with Crippen LogP contribution in [0.25, 0.3) is 11.0 Å². The second-order valence-electron chi connectivity index (χ2n) is 8.66. The summed E-state index contributed by atoms with van der Waals surface area (Å²) >= 11 is 0. The van der Waals surface area contributed by atoms with Gasteiger partial charge >= 0.3 is 0 Å². The first kappa shape index (κ1) is 19.3. The summed E-state index contributed by atoms with van der Waals surface area (Å²) in [6, 6.07) is 5.91. The lowest BCUT2D eigenvalue weighted by atomic mass is 10.2. The van der Waals surface area contributed by atoms with Crippen molar-refractivity contribution in [2.75, 3.05) is 49.9 Å². The number of carbonyl (C=O) groups is 1. The number of rotatable bonds is 6. The monoisotopic (exact) mass is 450 g/mol. The number of pyridine rings is 1. The predicted molar refractivity (Wildman–Crippen MR) is 130 cm³/mol. The van der Waals surface area contributed by atoms with Crippen LogP contribution in [0.15, 0.2) is 30.6 Å². The van der Waals surface area contributed by atoms with E-state index in [1.54, 1.807) is 12.3 Å². The molecule has 0 aromatic carbocycles. The first-order valence-corrected chi connectivity index (χ1v) is 11.7. The molecular formula is C24H32N8O. The van der Waals surface area contributed by atoms with Gasteiger partial charge in [0.1, 0.15) is 17.2 Å². The maximum Gasteiger partial charge on any atom is 0.270 e. The molecule has 1 amide bonds. The van der Waals surface area contributed by atoms with Gasteiger partial charge in [-0.15, -0.1) is 0 Å². The first-order chi connectivity index (χ1) is 16.8. The van der Waals surface area contributed by atoms with Crippen LogP contribution in [0.2, 0.25) is 0 Å². The molecule has 0 bridgehead atoms. The van der Waals surface area contributed by atoms with Crippen molar-refractivity contribution in [3.8, 4) is 0 Å². The Morgan fingerprint density at radius 1 is 1.24 bits per heavy atom. The Labute approximate surface area is 197 Å². The van der Waals surface area contributed by atoms with E-state index in [0.29, 0.717) is 23.1 Å². The summed E-state index contributed by atoms with van der Waals surface area (Å²) in [7, 11) is 1.49. The third-order valence-electron chi connectivity index (χ3n) is 6.59. The number of piperazine rings is 1. The average Bonchev–Trinajstić information content (AvgIpc) is 3.51. The van der Waals surface area contributed by atoms with Gasteiger partial charge < -0.3 is 25.0 Å². The summed E-state index contributed by atoms with van der Waals surface area (Å²) in [6.45, 7) is 3.48. The van der Waals surface area contributed by atoms with Crippen LogP contribution in [0.5, 0.6) is 0 Å². The van der Waals surface area contributed by atoms with Gasteiger partial charge in [-0.1, -0.05) is 12.8 Å². The summed E-state index contributed by atoms with van der Waals surface area (Å²) in [4.78, 5) is 30.5. The number of nitrogens with one attached hydrogen (secondary N) is 2. The number of aromatic nitrogens is 4. The van der Waals surface area contributed by atoms with Crippen molar-refractivity contribution in [1.29, 1.82) is 0 Å². The van der Waals surface area contributed by atoms with E-state index >= 15 is 0 Å². The first-order valence-electron chi connectivity index (χ1n) is 12.7. The van der Waals surface area contributed by atoms with E-state index in [1.807, 2.05) is 22.9 Å². The lowest BCUT2D eigenvalue weighted by Gasteiger charge is -2.29. The minimum absolute atomic E-state index is 0.154. The van der Waals surface area contributed by atoms with Crippen molar-refractivity contribution in [3.05, 3.63) is 36.3 Å². The molecule has 9 heteroatoms.